The van der Waals surface area contributed by atoms with Crippen molar-refractivity contribution in [2.45, 2.75) is 16.7 Å². The largest absolute Gasteiger partial charge is 2.00 e. The zero-order valence-corrected chi connectivity index (χ0v) is 23.5. The van der Waals surface area contributed by atoms with E-state index in [0.717, 1.165) is 54.4 Å². The van der Waals surface area contributed by atoms with Gasteiger partial charge in [-0.25, -0.2) is 4.98 Å². The van der Waals surface area contributed by atoms with Crippen molar-refractivity contribution < 1.29 is 25.2 Å². The average Bonchev–Trinajstić information content (AvgIpc) is 3.50. The minimum atomic E-state index is -2.23. The second-order valence-corrected chi connectivity index (χ2v) is 10.2. The monoisotopic (exact) mass is 694 g/mol. The number of pyridine rings is 1. The van der Waals surface area contributed by atoms with Crippen LogP contribution in [0.2, 0.25) is 0 Å². The third kappa shape index (κ3) is 4.20. The Morgan fingerprint density at radius 3 is 2.53 bits per heavy atom. The molecule has 6 heteroatoms. The normalized spacial score (nSPS) is 14.2. The Bertz CT molecular complexity index is 1900. The SMILES string of the molecule is [2H]C([2H])([2H])N1CN(c2[c-]c(Sc3[c-]c4c(cc3)c3ccccc3n4-c3cc(C)ccn3)ccc2)c2ccccc21.[Pt+2]. The molecule has 0 fully saturated rings. The van der Waals surface area contributed by atoms with Gasteiger partial charge in [0.05, 0.1) is 18.0 Å². The van der Waals surface area contributed by atoms with Crippen molar-refractivity contribution in [1.82, 2.24) is 9.55 Å². The molecular weight excluding hydrogens is 668 g/mol. The first-order chi connectivity index (χ1) is 19.4. The van der Waals surface area contributed by atoms with Gasteiger partial charge in [0.15, 0.2) is 0 Å². The van der Waals surface area contributed by atoms with Gasteiger partial charge in [-0.1, -0.05) is 41.5 Å². The van der Waals surface area contributed by atoms with Gasteiger partial charge >= 0.3 is 21.1 Å². The van der Waals surface area contributed by atoms with Crippen LogP contribution in [0.3, 0.4) is 0 Å². The zero-order valence-electron chi connectivity index (χ0n) is 23.5. The van der Waals surface area contributed by atoms with Crippen LogP contribution in [0.25, 0.3) is 27.6 Å². The maximum atomic E-state index is 8.01. The third-order valence-electron chi connectivity index (χ3n) is 6.70. The number of aryl methyl sites for hydroxylation is 1. The van der Waals surface area contributed by atoms with E-state index in [1.54, 1.807) is 11.8 Å². The number of anilines is 3. The molecule has 0 amide bonds. The van der Waals surface area contributed by atoms with Crippen LogP contribution in [0.15, 0.2) is 107 Å². The first-order valence-corrected chi connectivity index (χ1v) is 12.9. The molecule has 0 atom stereocenters. The Morgan fingerprint density at radius 2 is 1.66 bits per heavy atom. The fourth-order valence-electron chi connectivity index (χ4n) is 5.01. The Balaban J connectivity index is 0.00000302. The number of nitrogens with zero attached hydrogens (tertiary/aromatic N) is 4. The predicted molar refractivity (Wildman–Crippen MR) is 153 cm³/mol. The topological polar surface area (TPSA) is 24.3 Å². The molecule has 0 aliphatic carbocycles. The number of rotatable bonds is 4. The molecule has 6 aromatic rings. The Kier molecular flexibility index (Phi) is 5.62. The number of aromatic nitrogens is 2. The van der Waals surface area contributed by atoms with Crippen LogP contribution in [-0.2, 0) is 21.1 Å². The number of para-hydroxylation sites is 3. The molecule has 4 nitrogen and oxygen atoms in total. The van der Waals surface area contributed by atoms with Gasteiger partial charge in [0, 0.05) is 22.8 Å². The van der Waals surface area contributed by atoms with Crippen LogP contribution in [0.5, 0.6) is 0 Å². The smallest absolute Gasteiger partial charge is 0.355 e. The van der Waals surface area contributed by atoms with Crippen molar-refractivity contribution in [2.75, 3.05) is 23.4 Å². The van der Waals surface area contributed by atoms with E-state index in [2.05, 4.69) is 65.0 Å². The molecule has 0 unspecified atom stereocenters. The van der Waals surface area contributed by atoms with Crippen LogP contribution in [-0.4, -0.2) is 23.2 Å². The van der Waals surface area contributed by atoms with E-state index in [1.807, 2.05) is 65.7 Å². The number of hydrogen-bond donors (Lipinski definition) is 0. The van der Waals surface area contributed by atoms with E-state index < -0.39 is 6.98 Å². The second-order valence-electron chi connectivity index (χ2n) is 9.12. The van der Waals surface area contributed by atoms with Crippen molar-refractivity contribution in [1.29, 1.82) is 0 Å². The quantitative estimate of drug-likeness (QED) is 0.176. The number of hydrogen-bond acceptors (Lipinski definition) is 4. The molecule has 0 spiro atoms. The van der Waals surface area contributed by atoms with E-state index >= 15 is 0 Å². The van der Waals surface area contributed by atoms with E-state index in [4.69, 9.17) is 4.11 Å². The molecule has 0 saturated carbocycles. The average molecular weight is 695 g/mol. The van der Waals surface area contributed by atoms with Crippen LogP contribution >= 0.6 is 11.8 Å². The molecule has 188 valence electrons. The van der Waals surface area contributed by atoms with Crippen molar-refractivity contribution in [3.63, 3.8) is 0 Å². The summed E-state index contributed by atoms with van der Waals surface area (Å²) in [5.41, 5.74) is 5.60. The molecule has 0 saturated heterocycles. The van der Waals surface area contributed by atoms with E-state index in [1.165, 1.54) is 4.90 Å². The minimum absolute atomic E-state index is 0. The molecule has 0 radical (unpaired) electrons. The summed E-state index contributed by atoms with van der Waals surface area (Å²) in [5.74, 6) is 0.865. The molecule has 4 aromatic carbocycles. The summed E-state index contributed by atoms with van der Waals surface area (Å²) < 4.78 is 26.2. The molecule has 1 aliphatic rings. The van der Waals surface area contributed by atoms with Gasteiger partial charge in [-0.15, -0.1) is 45.1 Å². The number of benzene rings is 4. The van der Waals surface area contributed by atoms with Gasteiger partial charge in [-0.2, -0.15) is 24.3 Å². The molecule has 0 N–H and O–H groups in total. The summed E-state index contributed by atoms with van der Waals surface area (Å²) in [5, 5.41) is 2.29. The molecule has 7 rings (SSSR count). The second kappa shape index (κ2) is 9.98. The Morgan fingerprint density at radius 1 is 0.842 bits per heavy atom. The van der Waals surface area contributed by atoms with Crippen LogP contribution in [0.1, 0.15) is 9.68 Å². The van der Waals surface area contributed by atoms with Crippen LogP contribution in [0.4, 0.5) is 17.1 Å². The fourth-order valence-corrected chi connectivity index (χ4v) is 5.83. The Hall–Kier alpha value is -3.53. The number of fused-ring (bicyclic) bond motifs is 4. The van der Waals surface area contributed by atoms with Crippen LogP contribution < -0.4 is 9.80 Å². The summed E-state index contributed by atoms with van der Waals surface area (Å²) in [7, 11) is 0. The van der Waals surface area contributed by atoms with Gasteiger partial charge in [0.2, 0.25) is 0 Å². The van der Waals surface area contributed by atoms with Gasteiger partial charge in [0.1, 0.15) is 5.82 Å². The van der Waals surface area contributed by atoms with Crippen molar-refractivity contribution in [3.05, 3.63) is 115 Å². The summed E-state index contributed by atoms with van der Waals surface area (Å²) in [4.78, 5) is 10.0. The summed E-state index contributed by atoms with van der Waals surface area (Å²) in [6, 6.07) is 37.5. The standard InChI is InChI=1S/C32H24N4S.Pt/c1-22-16-17-33-32(18-22)36-28-11-4-3-10-26(28)27-15-14-25(20-31(27)36)37-24-9-7-8-23(19-24)35-21-34(2)29-12-5-6-13-30(29)35;/h3-18H,21H2,1-2H3;/q-2;+2/i2D3;. The summed E-state index contributed by atoms with van der Waals surface area (Å²) in [6.07, 6.45) is 1.84. The molecule has 38 heavy (non-hydrogen) atoms. The van der Waals surface area contributed by atoms with Crippen LogP contribution in [0, 0.1) is 19.1 Å². The minimum Gasteiger partial charge on any atom is -0.355 e. The van der Waals surface area contributed by atoms with E-state index in [0.29, 0.717) is 5.69 Å². The van der Waals surface area contributed by atoms with Crippen molar-refractivity contribution >= 4 is 50.6 Å². The maximum Gasteiger partial charge on any atom is 2.00 e. The third-order valence-corrected chi connectivity index (χ3v) is 7.61. The molecule has 0 bridgehead atoms. The van der Waals surface area contributed by atoms with Crippen molar-refractivity contribution in [2.24, 2.45) is 0 Å². The van der Waals surface area contributed by atoms with E-state index in [-0.39, 0.29) is 27.7 Å². The van der Waals surface area contributed by atoms with Gasteiger partial charge < -0.3 is 14.4 Å². The van der Waals surface area contributed by atoms with Crippen molar-refractivity contribution in [3.8, 4) is 5.82 Å². The summed E-state index contributed by atoms with van der Waals surface area (Å²) in [6.45, 7) is 0.0807. The van der Waals surface area contributed by atoms with Gasteiger partial charge in [-0.05, 0) is 48.2 Å². The first-order valence-electron chi connectivity index (χ1n) is 13.6. The predicted octanol–water partition coefficient (Wildman–Crippen LogP) is 7.78. The molecule has 1 aliphatic heterocycles. The van der Waals surface area contributed by atoms with Gasteiger partial charge in [-0.3, -0.25) is 0 Å². The molecule has 3 heterocycles. The Labute approximate surface area is 245 Å². The molecule has 2 aromatic heterocycles. The molecular formula is C32H24N4PtS. The maximum absolute atomic E-state index is 8.01. The van der Waals surface area contributed by atoms with Gasteiger partial charge in [0.25, 0.3) is 0 Å². The zero-order chi connectivity index (χ0) is 27.4. The first kappa shape index (κ1) is 21.4. The summed E-state index contributed by atoms with van der Waals surface area (Å²) >= 11 is 1.58. The van der Waals surface area contributed by atoms with E-state index in [9.17, 15) is 0 Å². The fraction of sp³-hybridized carbons (Fsp3) is 0.0938.